The lowest BCUT2D eigenvalue weighted by Crippen LogP contribution is -2.57. The van der Waals surface area contributed by atoms with E-state index in [4.69, 9.17) is 56.0 Å². The molecule has 6 N–H and O–H groups in total. The highest BCUT2D eigenvalue weighted by molar-refractivity contribution is 6.35. The Morgan fingerprint density at radius 3 is 2.47 bits per heavy atom. The van der Waals surface area contributed by atoms with E-state index < -0.39 is 11.7 Å². The SMILES string of the molecule is CC1CC=CN(C(N)(N)c2ccc(Cl)cc2Cl)C(c2c(C(=O)Nc3cccnc3N3CCC(N4CCCOC4=O)CC3)[nH]c3cc(Cl)ccc23)=C1c1ccccc1. The fourth-order valence-corrected chi connectivity index (χ4v) is 9.01. The highest BCUT2D eigenvalue weighted by Gasteiger charge is 2.39. The van der Waals surface area contributed by atoms with Crippen molar-refractivity contribution >= 4 is 80.5 Å². The van der Waals surface area contributed by atoms with Crippen LogP contribution in [-0.2, 0) is 10.5 Å². The molecule has 57 heavy (non-hydrogen) atoms. The van der Waals surface area contributed by atoms with Crippen molar-refractivity contribution < 1.29 is 14.3 Å². The van der Waals surface area contributed by atoms with Gasteiger partial charge in [-0.1, -0.05) is 90.3 Å². The molecule has 11 nitrogen and oxygen atoms in total. The van der Waals surface area contributed by atoms with Crippen molar-refractivity contribution in [2.24, 2.45) is 17.4 Å². The number of nitrogens with zero attached hydrogens (tertiary/aromatic N) is 4. The van der Waals surface area contributed by atoms with Gasteiger partial charge in [0.2, 0.25) is 0 Å². The van der Waals surface area contributed by atoms with Gasteiger partial charge in [-0.3, -0.25) is 16.3 Å². The number of piperidine rings is 1. The summed E-state index contributed by atoms with van der Waals surface area (Å²) in [5.74, 6) is -1.51. The first-order chi connectivity index (χ1) is 27.5. The molecule has 294 valence electrons. The Kier molecular flexibility index (Phi) is 10.9. The number of anilines is 2. The number of fused-ring (bicyclic) bond motifs is 1. The maximum absolute atomic E-state index is 15.0. The van der Waals surface area contributed by atoms with Gasteiger partial charge in [-0.05, 0) is 79.1 Å². The molecule has 1 unspecified atom stereocenters. The molecule has 5 heterocycles. The van der Waals surface area contributed by atoms with Crippen LogP contribution in [-0.4, -0.2) is 64.1 Å². The van der Waals surface area contributed by atoms with E-state index in [2.05, 4.69) is 22.1 Å². The summed E-state index contributed by atoms with van der Waals surface area (Å²) in [5, 5.41) is 5.17. The number of amides is 2. The molecule has 2 amide bonds. The van der Waals surface area contributed by atoms with Gasteiger partial charge in [0.15, 0.2) is 11.6 Å². The van der Waals surface area contributed by atoms with Gasteiger partial charge in [0.05, 0.1) is 23.0 Å². The van der Waals surface area contributed by atoms with Gasteiger partial charge in [0.25, 0.3) is 5.91 Å². The van der Waals surface area contributed by atoms with Crippen LogP contribution >= 0.6 is 34.8 Å². The number of nitrogens with one attached hydrogen (secondary N) is 2. The third-order valence-electron chi connectivity index (χ3n) is 11.0. The lowest BCUT2D eigenvalue weighted by Gasteiger charge is -2.40. The number of halogens is 3. The molecular weight excluding hydrogens is 783 g/mol. The topological polar surface area (TPSA) is 146 Å². The number of cyclic esters (lactones) is 1. The predicted octanol–water partition coefficient (Wildman–Crippen LogP) is 9.04. The van der Waals surface area contributed by atoms with Gasteiger partial charge < -0.3 is 29.7 Å². The van der Waals surface area contributed by atoms with Crippen molar-refractivity contribution in [3.8, 4) is 0 Å². The Hall–Kier alpha value is -5.04. The van der Waals surface area contributed by atoms with E-state index in [0.717, 1.165) is 35.8 Å². The summed E-state index contributed by atoms with van der Waals surface area (Å²) < 4.78 is 5.31. The number of aromatic nitrogens is 2. The van der Waals surface area contributed by atoms with Crippen LogP contribution in [0.4, 0.5) is 16.3 Å². The van der Waals surface area contributed by atoms with E-state index in [-0.39, 0.29) is 23.7 Å². The standard InChI is InChI=1S/C43H43Cl3N8O3/c1-26-8-6-20-54(43(47,48)32-15-13-28(44)24-33(32)46)39(36(26)27-9-3-2-4-10-27)37-31-14-12-29(45)25-35(31)50-38(37)41(55)51-34-11-5-18-49-40(34)52-21-16-30(17-22-52)53-19-7-23-57-42(53)56/h2-6,9-15,18,20,24-26,30,50H,7-8,16-17,19,21-23,47-48H2,1H3,(H,51,55). The fraction of sp³-hybridized carbons (Fsp3) is 0.279. The van der Waals surface area contributed by atoms with Crippen molar-refractivity contribution in [3.63, 3.8) is 0 Å². The number of pyridine rings is 1. The monoisotopic (exact) mass is 824 g/mol. The zero-order valence-electron chi connectivity index (χ0n) is 31.4. The molecule has 2 saturated heterocycles. The molecule has 1 atom stereocenters. The van der Waals surface area contributed by atoms with Gasteiger partial charge >= 0.3 is 6.09 Å². The van der Waals surface area contributed by atoms with Gasteiger partial charge in [-0.25, -0.2) is 9.78 Å². The van der Waals surface area contributed by atoms with Crippen LogP contribution in [0.2, 0.25) is 15.1 Å². The second kappa shape index (κ2) is 16.1. The van der Waals surface area contributed by atoms with Crippen LogP contribution in [0.1, 0.15) is 59.8 Å². The quantitative estimate of drug-likeness (QED) is 0.114. The average molecular weight is 826 g/mol. The van der Waals surface area contributed by atoms with Crippen molar-refractivity contribution in [2.45, 2.75) is 44.4 Å². The summed E-state index contributed by atoms with van der Waals surface area (Å²) in [5.41, 5.74) is 19.4. The number of rotatable bonds is 8. The highest BCUT2D eigenvalue weighted by atomic mass is 35.5. The highest BCUT2D eigenvalue weighted by Crippen LogP contribution is 2.46. The molecule has 2 aromatic heterocycles. The Morgan fingerprint density at radius 2 is 1.72 bits per heavy atom. The molecule has 0 spiro atoms. The first-order valence-corrected chi connectivity index (χ1v) is 20.2. The van der Waals surface area contributed by atoms with Crippen LogP contribution in [0, 0.1) is 5.92 Å². The zero-order valence-corrected chi connectivity index (χ0v) is 33.6. The van der Waals surface area contributed by atoms with Crippen LogP contribution in [0.25, 0.3) is 22.2 Å². The number of hydrogen-bond acceptors (Lipinski definition) is 8. The minimum atomic E-state index is -1.71. The van der Waals surface area contributed by atoms with Gasteiger partial charge in [0.1, 0.15) is 5.69 Å². The minimum Gasteiger partial charge on any atom is -0.449 e. The van der Waals surface area contributed by atoms with Crippen molar-refractivity contribution in [1.29, 1.82) is 0 Å². The number of nitrogens with two attached hydrogens (primary N) is 2. The van der Waals surface area contributed by atoms with Crippen LogP contribution < -0.4 is 21.7 Å². The van der Waals surface area contributed by atoms with Crippen LogP contribution in [0.5, 0.6) is 0 Å². The van der Waals surface area contributed by atoms with Gasteiger partial charge in [-0.2, -0.15) is 0 Å². The largest absolute Gasteiger partial charge is 0.449 e. The summed E-state index contributed by atoms with van der Waals surface area (Å²) >= 11 is 19.7. The number of aromatic amines is 1. The van der Waals surface area contributed by atoms with Gasteiger partial charge in [-0.15, -0.1) is 0 Å². The molecule has 0 radical (unpaired) electrons. The molecule has 14 heteroatoms. The van der Waals surface area contributed by atoms with E-state index in [9.17, 15) is 9.59 Å². The molecular formula is C43H43Cl3N8O3. The van der Waals surface area contributed by atoms with E-state index in [1.54, 1.807) is 47.5 Å². The van der Waals surface area contributed by atoms with E-state index in [0.29, 0.717) is 81.6 Å². The Morgan fingerprint density at radius 1 is 0.965 bits per heavy atom. The number of H-pyrrole nitrogens is 1. The molecule has 3 aliphatic rings. The van der Waals surface area contributed by atoms with E-state index in [1.807, 2.05) is 59.6 Å². The summed E-state index contributed by atoms with van der Waals surface area (Å²) in [6.45, 7) is 4.61. The first-order valence-electron chi connectivity index (χ1n) is 19.1. The molecule has 5 aromatic rings. The first kappa shape index (κ1) is 38.8. The van der Waals surface area contributed by atoms with Crippen molar-refractivity contribution in [2.75, 3.05) is 36.5 Å². The number of ether oxygens (including phenoxy) is 1. The maximum Gasteiger partial charge on any atom is 0.410 e. The van der Waals surface area contributed by atoms with Crippen LogP contribution in [0.15, 0.2) is 97.3 Å². The third-order valence-corrected chi connectivity index (χ3v) is 11.8. The van der Waals surface area contributed by atoms with Crippen LogP contribution in [0.3, 0.4) is 0 Å². The second-order valence-corrected chi connectivity index (χ2v) is 16.0. The number of carbonyl (C=O) groups excluding carboxylic acids is 2. The molecule has 3 aromatic carbocycles. The number of allylic oxidation sites excluding steroid dienone is 2. The summed E-state index contributed by atoms with van der Waals surface area (Å²) in [6.07, 6.45) is 8.36. The smallest absolute Gasteiger partial charge is 0.410 e. The lowest BCUT2D eigenvalue weighted by molar-refractivity contribution is 0.0499. The summed E-state index contributed by atoms with van der Waals surface area (Å²) in [7, 11) is 0. The van der Waals surface area contributed by atoms with E-state index in [1.165, 1.54) is 0 Å². The molecule has 0 bridgehead atoms. The maximum atomic E-state index is 15.0. The number of carbonyl (C=O) groups is 2. The Bertz CT molecular complexity index is 2390. The molecule has 8 rings (SSSR count). The third kappa shape index (κ3) is 7.58. The summed E-state index contributed by atoms with van der Waals surface area (Å²) in [4.78, 5) is 41.4. The average Bonchev–Trinajstić information content (AvgIpc) is 3.48. The Labute approximate surface area is 346 Å². The van der Waals surface area contributed by atoms with Crippen molar-refractivity contribution in [3.05, 3.63) is 135 Å². The molecule has 0 saturated carbocycles. The molecule has 0 aliphatic carbocycles. The number of hydrogen-bond donors (Lipinski definition) is 4. The number of benzene rings is 3. The normalized spacial score (nSPS) is 18.2. The fourth-order valence-electron chi connectivity index (χ4n) is 8.28. The Balaban J connectivity index is 1.24. The van der Waals surface area contributed by atoms with Crippen molar-refractivity contribution in [1.82, 2.24) is 19.8 Å². The van der Waals surface area contributed by atoms with E-state index >= 15 is 0 Å². The van der Waals surface area contributed by atoms with Gasteiger partial charge in [0, 0.05) is 70.1 Å². The summed E-state index contributed by atoms with van der Waals surface area (Å²) in [6, 6.07) is 24.3. The lowest BCUT2D eigenvalue weighted by atomic mass is 9.86. The zero-order chi connectivity index (χ0) is 39.8. The minimum absolute atomic E-state index is 0.0343. The predicted molar refractivity (Wildman–Crippen MR) is 228 cm³/mol. The molecule has 2 fully saturated rings. The second-order valence-electron chi connectivity index (χ2n) is 14.7. The molecule has 3 aliphatic heterocycles.